The smallest absolute Gasteiger partial charge is 0.465 e. The number of esters is 6. The molecule has 2 N–H and O–H groups in total. The molecule has 82 heavy (non-hydrogen) atoms. The van der Waals surface area contributed by atoms with Gasteiger partial charge in [-0.2, -0.15) is 26.3 Å². The van der Waals surface area contributed by atoms with Gasteiger partial charge in [-0.25, -0.2) is 13.1 Å². The topological polar surface area (TPSA) is 261 Å². The first kappa shape index (κ1) is 80.2. The van der Waals surface area contributed by atoms with E-state index < -0.39 is 110 Å². The van der Waals surface area contributed by atoms with E-state index in [0.717, 1.165) is 25.7 Å². The lowest BCUT2D eigenvalue weighted by Gasteiger charge is -2.35. The predicted molar refractivity (Wildman–Crippen MR) is 289 cm³/mol. The summed E-state index contributed by atoms with van der Waals surface area (Å²) in [7, 11) is -2.72. The molecule has 1 fully saturated rings. The van der Waals surface area contributed by atoms with Crippen molar-refractivity contribution in [3.05, 3.63) is 0 Å². The SMILES string of the molecule is CCC(C)(CC(C)(C)C(=O)OC(C)CC(C)(O)C(F)(F)F)C(=O)OC(COC)OC.CCC(C)(CC(C)(C)C(=O)OCCNS(=O)(=O)C(F)(F)F)C(=O)OCC1CCCO1.CCCCOC(=O)C(C)CC(C)(CC)C(=O)OCCOCC. The molecule has 0 amide bonds. The zero-order valence-corrected chi connectivity index (χ0v) is 52.2. The van der Waals surface area contributed by atoms with E-state index in [-0.39, 0.29) is 56.6 Å². The van der Waals surface area contributed by atoms with Gasteiger partial charge in [0.2, 0.25) is 6.29 Å². The maximum absolute atomic E-state index is 12.8. The van der Waals surface area contributed by atoms with Crippen LogP contribution in [0, 0.1) is 33.0 Å². The van der Waals surface area contributed by atoms with Crippen LogP contribution in [0.2, 0.25) is 0 Å². The minimum Gasteiger partial charge on any atom is -0.465 e. The van der Waals surface area contributed by atoms with Crippen LogP contribution >= 0.6 is 0 Å². The van der Waals surface area contributed by atoms with Crippen molar-refractivity contribution in [2.45, 2.75) is 210 Å². The van der Waals surface area contributed by atoms with Gasteiger partial charge in [0.05, 0.1) is 52.3 Å². The summed E-state index contributed by atoms with van der Waals surface area (Å²) >= 11 is 0. The van der Waals surface area contributed by atoms with Gasteiger partial charge in [-0.3, -0.25) is 28.8 Å². The normalized spacial score (nSPS) is 18.1. The molecule has 1 saturated heterocycles. The summed E-state index contributed by atoms with van der Waals surface area (Å²) in [5.74, 6) is -3.44. The molecule has 484 valence electrons. The second-order valence-electron chi connectivity index (χ2n) is 22.8. The van der Waals surface area contributed by atoms with Gasteiger partial charge in [-0.05, 0) is 127 Å². The zero-order valence-electron chi connectivity index (χ0n) is 51.4. The fourth-order valence-electron chi connectivity index (χ4n) is 8.20. The molecule has 20 nitrogen and oxygen atoms in total. The highest BCUT2D eigenvalue weighted by atomic mass is 32.2. The molecular weight excluding hydrogens is 1120 g/mol. The third-order valence-corrected chi connectivity index (χ3v) is 15.1. The molecule has 0 radical (unpaired) electrons. The lowest BCUT2D eigenvalue weighted by molar-refractivity contribution is -0.261. The lowest BCUT2D eigenvalue weighted by Crippen LogP contribution is -2.46. The van der Waals surface area contributed by atoms with E-state index in [0.29, 0.717) is 59.0 Å². The van der Waals surface area contributed by atoms with Crippen LogP contribution in [0.5, 0.6) is 0 Å². The number of aliphatic hydroxyl groups is 1. The van der Waals surface area contributed by atoms with E-state index >= 15 is 0 Å². The molecule has 0 aromatic heterocycles. The number of carbonyl (C=O) groups is 6. The summed E-state index contributed by atoms with van der Waals surface area (Å²) in [5.41, 5.74) is -13.5. The number of hydrogen-bond acceptors (Lipinski definition) is 19. The fraction of sp³-hybridized carbons (Fsp3) is 0.891. The van der Waals surface area contributed by atoms with Crippen LogP contribution in [0.25, 0.3) is 0 Å². The number of unbranched alkanes of at least 4 members (excludes halogenated alkanes) is 1. The van der Waals surface area contributed by atoms with Crippen molar-refractivity contribution >= 4 is 45.8 Å². The van der Waals surface area contributed by atoms with Crippen LogP contribution < -0.4 is 4.72 Å². The second kappa shape index (κ2) is 36.2. The van der Waals surface area contributed by atoms with E-state index in [2.05, 4.69) is 0 Å². The Morgan fingerprint density at radius 1 is 0.659 bits per heavy atom. The van der Waals surface area contributed by atoms with E-state index in [1.54, 1.807) is 34.6 Å². The van der Waals surface area contributed by atoms with E-state index in [1.807, 2.05) is 27.7 Å². The molecule has 0 bridgehead atoms. The van der Waals surface area contributed by atoms with Crippen molar-refractivity contribution < 1.29 is 116 Å². The number of hydrogen-bond donors (Lipinski definition) is 2. The van der Waals surface area contributed by atoms with Gasteiger partial charge in [-0.15, -0.1) is 0 Å². The molecule has 0 aliphatic carbocycles. The number of halogens is 6. The van der Waals surface area contributed by atoms with Gasteiger partial charge in [-0.1, -0.05) is 41.0 Å². The average molecular weight is 1220 g/mol. The predicted octanol–water partition coefficient (Wildman–Crippen LogP) is 9.49. The van der Waals surface area contributed by atoms with Gasteiger partial charge in [0.15, 0.2) is 5.60 Å². The molecular formula is C55H97F6NO19S. The van der Waals surface area contributed by atoms with Crippen molar-refractivity contribution in [1.82, 2.24) is 4.72 Å². The molecule has 8 unspecified atom stereocenters. The number of methoxy groups -OCH3 is 2. The van der Waals surface area contributed by atoms with Crippen LogP contribution in [-0.4, -0.2) is 159 Å². The van der Waals surface area contributed by atoms with Crippen molar-refractivity contribution in [3.63, 3.8) is 0 Å². The highest BCUT2D eigenvalue weighted by Gasteiger charge is 2.52. The number of rotatable bonds is 35. The molecule has 8 atom stereocenters. The Labute approximate surface area is 482 Å². The van der Waals surface area contributed by atoms with Crippen molar-refractivity contribution in [2.24, 2.45) is 33.0 Å². The number of ether oxygens (including phenoxy) is 10. The molecule has 0 spiro atoms. The highest BCUT2D eigenvalue weighted by molar-refractivity contribution is 7.90. The van der Waals surface area contributed by atoms with Crippen molar-refractivity contribution in [2.75, 3.05) is 73.6 Å². The Morgan fingerprint density at radius 3 is 1.65 bits per heavy atom. The van der Waals surface area contributed by atoms with Gasteiger partial charge < -0.3 is 52.5 Å². The Kier molecular flexibility index (Phi) is 35.4. The molecule has 0 aromatic rings. The molecule has 1 aliphatic heterocycles. The molecule has 0 saturated carbocycles. The van der Waals surface area contributed by atoms with Crippen LogP contribution in [0.4, 0.5) is 26.3 Å². The maximum Gasteiger partial charge on any atom is 0.511 e. The lowest BCUT2D eigenvalue weighted by atomic mass is 9.72. The first-order valence-corrected chi connectivity index (χ1v) is 29.2. The van der Waals surface area contributed by atoms with Gasteiger partial charge in [0, 0.05) is 40.4 Å². The minimum atomic E-state index is -5.50. The summed E-state index contributed by atoms with van der Waals surface area (Å²) in [6, 6.07) is 0. The van der Waals surface area contributed by atoms with Crippen molar-refractivity contribution in [3.8, 4) is 0 Å². The first-order chi connectivity index (χ1) is 37.5. The Balaban J connectivity index is 0. The molecule has 0 aromatic carbocycles. The molecule has 1 heterocycles. The average Bonchev–Trinajstić information content (AvgIpc) is 3.91. The van der Waals surface area contributed by atoms with E-state index in [1.165, 1.54) is 53.6 Å². The summed E-state index contributed by atoms with van der Waals surface area (Å²) in [6.45, 7) is 25.6. The summed E-state index contributed by atoms with van der Waals surface area (Å²) in [4.78, 5) is 74.5. The van der Waals surface area contributed by atoms with Gasteiger partial charge in [0.25, 0.3) is 0 Å². The highest BCUT2D eigenvalue weighted by Crippen LogP contribution is 2.41. The number of carbonyl (C=O) groups excluding carboxylic acids is 6. The summed E-state index contributed by atoms with van der Waals surface area (Å²) in [5, 5.41) is 9.59. The number of sulfonamides is 1. The molecule has 1 rings (SSSR count). The third kappa shape index (κ3) is 28.3. The standard InChI is InChI=1S/C20H35F3O7.C18H30F3NO7S.C17H32O5/c1-9-18(5,16(25)30-14(28-8)11-27-7)12-17(3,4)15(24)29-13(2)10-19(6,26)20(21,22)23;1-5-17(4,15(24)29-11-13-7-6-9-27-13)12-16(2,3)14(23)28-10-8-22-30(25,26)18(19,20)21;1-6-9-10-21-15(18)14(4)13-17(5,7-2)16(19)22-12-11-20-8-3/h13-14,26H,9-12H2,1-8H3;13,22H,5-12H2,1-4H3;14H,6-13H2,1-5H3. The van der Waals surface area contributed by atoms with E-state index in [9.17, 15) is 68.6 Å². The van der Waals surface area contributed by atoms with Gasteiger partial charge >= 0.3 is 57.5 Å². The fourth-order valence-corrected chi connectivity index (χ4v) is 8.72. The van der Waals surface area contributed by atoms with Crippen LogP contribution in [0.15, 0.2) is 0 Å². The monoisotopic (exact) mass is 1220 g/mol. The van der Waals surface area contributed by atoms with E-state index in [4.69, 9.17) is 47.4 Å². The Hall–Kier alpha value is -3.89. The van der Waals surface area contributed by atoms with Crippen molar-refractivity contribution in [1.29, 1.82) is 0 Å². The number of nitrogens with one attached hydrogen (secondary N) is 1. The zero-order chi connectivity index (χ0) is 64.2. The first-order valence-electron chi connectivity index (χ1n) is 27.7. The molecule has 1 aliphatic rings. The maximum atomic E-state index is 12.8. The Bertz CT molecular complexity index is 2050. The van der Waals surface area contributed by atoms with Crippen LogP contribution in [0.1, 0.15) is 174 Å². The number of alkyl halides is 6. The minimum absolute atomic E-state index is 0.0277. The summed E-state index contributed by atoms with van der Waals surface area (Å²) < 4.78 is 150. The molecule has 27 heteroatoms. The van der Waals surface area contributed by atoms with Crippen LogP contribution in [-0.2, 0) is 86.2 Å². The van der Waals surface area contributed by atoms with Gasteiger partial charge in [0.1, 0.15) is 32.5 Å². The second-order valence-corrected chi connectivity index (χ2v) is 24.5. The third-order valence-electron chi connectivity index (χ3n) is 13.9. The summed E-state index contributed by atoms with van der Waals surface area (Å²) in [6.07, 6.45) is -2.44. The Morgan fingerprint density at radius 2 is 1.18 bits per heavy atom. The largest absolute Gasteiger partial charge is 0.511 e. The van der Waals surface area contributed by atoms with Crippen LogP contribution in [0.3, 0.4) is 0 Å². The quantitative estimate of drug-likeness (QED) is 0.0197.